The summed E-state index contributed by atoms with van der Waals surface area (Å²) < 4.78 is 11.4. The predicted octanol–water partition coefficient (Wildman–Crippen LogP) is 0.710. The Kier molecular flexibility index (Phi) is 3.87. The van der Waals surface area contributed by atoms with Gasteiger partial charge in [0.1, 0.15) is 0 Å². The number of rotatable bonds is 2. The molecule has 2 aliphatic rings. The van der Waals surface area contributed by atoms with Crippen molar-refractivity contribution in [3.05, 3.63) is 23.8 Å². The molecule has 2 aliphatic heterocycles. The van der Waals surface area contributed by atoms with Crippen LogP contribution in [0.3, 0.4) is 0 Å². The van der Waals surface area contributed by atoms with Crippen molar-refractivity contribution in [3.63, 3.8) is 0 Å². The van der Waals surface area contributed by atoms with Crippen LogP contribution in [-0.4, -0.2) is 44.3 Å². The van der Waals surface area contributed by atoms with Crippen molar-refractivity contribution in [1.29, 1.82) is 0 Å². The van der Waals surface area contributed by atoms with Crippen molar-refractivity contribution in [2.24, 2.45) is 5.73 Å². The number of fused-ring (bicyclic) bond motifs is 1. The third-order valence-corrected chi connectivity index (χ3v) is 3.66. The maximum Gasteiger partial charge on any atom is 0.161 e. The lowest BCUT2D eigenvalue weighted by molar-refractivity contribution is 0.177. The smallest absolute Gasteiger partial charge is 0.161 e. The highest BCUT2D eigenvalue weighted by Gasteiger charge is 2.20. The zero-order valence-electron chi connectivity index (χ0n) is 11.1. The lowest BCUT2D eigenvalue weighted by atomic mass is 10.1. The molecule has 0 bridgehead atoms. The number of benzene rings is 1. The van der Waals surface area contributed by atoms with Crippen LogP contribution in [0, 0.1) is 0 Å². The Hall–Kier alpha value is -1.30. The van der Waals surface area contributed by atoms with Crippen molar-refractivity contribution in [2.45, 2.75) is 12.6 Å². The fraction of sp³-hybridized carbons (Fsp3) is 0.571. The summed E-state index contributed by atoms with van der Waals surface area (Å²) in [5, 5.41) is 3.34. The molecule has 0 saturated carbocycles. The van der Waals surface area contributed by atoms with E-state index in [4.69, 9.17) is 15.2 Å². The van der Waals surface area contributed by atoms with Crippen LogP contribution in [0.1, 0.15) is 18.2 Å². The summed E-state index contributed by atoms with van der Waals surface area (Å²) in [7, 11) is 0. The van der Waals surface area contributed by atoms with Gasteiger partial charge in [0.15, 0.2) is 11.5 Å². The molecule has 0 aromatic heterocycles. The average Bonchev–Trinajstić information content (AvgIpc) is 2.72. The van der Waals surface area contributed by atoms with E-state index < -0.39 is 0 Å². The third-order valence-electron chi connectivity index (χ3n) is 3.66. The molecule has 3 rings (SSSR count). The van der Waals surface area contributed by atoms with E-state index in [2.05, 4.69) is 10.2 Å². The van der Waals surface area contributed by atoms with Crippen molar-refractivity contribution in [2.75, 3.05) is 39.4 Å². The van der Waals surface area contributed by atoms with Crippen molar-refractivity contribution in [1.82, 2.24) is 10.2 Å². The van der Waals surface area contributed by atoms with Crippen LogP contribution in [-0.2, 0) is 0 Å². The Balaban J connectivity index is 1.78. The fourth-order valence-corrected chi connectivity index (χ4v) is 2.53. The molecule has 1 aromatic rings. The lowest BCUT2D eigenvalue weighted by Crippen LogP contribution is -2.47. The van der Waals surface area contributed by atoms with Gasteiger partial charge in [-0.3, -0.25) is 4.90 Å². The number of piperazine rings is 1. The minimum Gasteiger partial charge on any atom is -0.490 e. The molecule has 0 amide bonds. The molecule has 0 aliphatic carbocycles. The van der Waals surface area contributed by atoms with E-state index in [0.717, 1.165) is 56.3 Å². The second kappa shape index (κ2) is 5.77. The van der Waals surface area contributed by atoms with E-state index in [1.54, 1.807) is 0 Å². The summed E-state index contributed by atoms with van der Waals surface area (Å²) in [6, 6.07) is 6.03. The van der Waals surface area contributed by atoms with E-state index in [1.165, 1.54) is 0 Å². The van der Waals surface area contributed by atoms with Gasteiger partial charge in [-0.05, 0) is 17.7 Å². The van der Waals surface area contributed by atoms with E-state index in [-0.39, 0.29) is 6.17 Å². The minimum absolute atomic E-state index is 0.0701. The van der Waals surface area contributed by atoms with Crippen molar-refractivity contribution >= 4 is 0 Å². The molecular weight excluding hydrogens is 242 g/mol. The predicted molar refractivity (Wildman–Crippen MR) is 73.4 cm³/mol. The fourth-order valence-electron chi connectivity index (χ4n) is 2.53. The molecule has 0 spiro atoms. The van der Waals surface area contributed by atoms with Gasteiger partial charge in [0.05, 0.1) is 19.4 Å². The quantitative estimate of drug-likeness (QED) is 0.823. The normalized spacial score (nSPS) is 21.7. The number of ether oxygens (including phenoxy) is 2. The molecule has 2 heterocycles. The van der Waals surface area contributed by atoms with E-state index in [1.807, 2.05) is 18.2 Å². The molecule has 1 aromatic carbocycles. The van der Waals surface area contributed by atoms with Crippen LogP contribution >= 0.6 is 0 Å². The van der Waals surface area contributed by atoms with E-state index in [9.17, 15) is 0 Å². The molecule has 0 radical (unpaired) electrons. The van der Waals surface area contributed by atoms with Crippen LogP contribution in [0.15, 0.2) is 18.2 Å². The standard InChI is InChI=1S/C14H21N3O2/c15-14(17-6-4-16-5-7-17)11-2-3-12-13(10-11)19-9-1-8-18-12/h2-3,10,14,16H,1,4-9,15H2. The molecule has 1 fully saturated rings. The van der Waals surface area contributed by atoms with Gasteiger partial charge in [-0.15, -0.1) is 0 Å². The molecule has 3 N–H and O–H groups in total. The lowest BCUT2D eigenvalue weighted by Gasteiger charge is -2.32. The van der Waals surface area contributed by atoms with Crippen LogP contribution in [0.2, 0.25) is 0 Å². The summed E-state index contributed by atoms with van der Waals surface area (Å²) in [6.07, 6.45) is 0.854. The average molecular weight is 263 g/mol. The molecule has 1 saturated heterocycles. The van der Waals surface area contributed by atoms with Crippen molar-refractivity contribution in [3.8, 4) is 11.5 Å². The Morgan fingerprint density at radius 3 is 2.63 bits per heavy atom. The first-order chi connectivity index (χ1) is 9.34. The van der Waals surface area contributed by atoms with Gasteiger partial charge in [-0.1, -0.05) is 6.07 Å². The number of hydrogen-bond acceptors (Lipinski definition) is 5. The Morgan fingerprint density at radius 2 is 1.84 bits per heavy atom. The summed E-state index contributed by atoms with van der Waals surface area (Å²) in [5.74, 6) is 1.65. The van der Waals surface area contributed by atoms with Crippen LogP contribution in [0.4, 0.5) is 0 Å². The Labute approximate surface area is 113 Å². The molecule has 1 atom stereocenters. The van der Waals surface area contributed by atoms with Gasteiger partial charge < -0.3 is 20.5 Å². The summed E-state index contributed by atoms with van der Waals surface area (Å²) in [6.45, 7) is 5.39. The van der Waals surface area contributed by atoms with Gasteiger partial charge in [0, 0.05) is 32.6 Å². The maximum absolute atomic E-state index is 6.34. The van der Waals surface area contributed by atoms with Crippen LogP contribution in [0.5, 0.6) is 11.5 Å². The molecular formula is C14H21N3O2. The minimum atomic E-state index is -0.0701. The van der Waals surface area contributed by atoms with Gasteiger partial charge in [-0.25, -0.2) is 0 Å². The summed E-state index contributed by atoms with van der Waals surface area (Å²) >= 11 is 0. The molecule has 5 nitrogen and oxygen atoms in total. The molecule has 104 valence electrons. The maximum atomic E-state index is 6.34. The monoisotopic (exact) mass is 263 g/mol. The second-order valence-electron chi connectivity index (χ2n) is 4.99. The zero-order chi connectivity index (χ0) is 13.1. The highest BCUT2D eigenvalue weighted by Crippen LogP contribution is 2.32. The molecule has 1 unspecified atom stereocenters. The first kappa shape index (κ1) is 12.7. The summed E-state index contributed by atoms with van der Waals surface area (Å²) in [4.78, 5) is 2.29. The number of nitrogens with two attached hydrogens (primary N) is 1. The van der Waals surface area contributed by atoms with Crippen molar-refractivity contribution < 1.29 is 9.47 Å². The third kappa shape index (κ3) is 2.83. The first-order valence-corrected chi connectivity index (χ1v) is 6.94. The van der Waals surface area contributed by atoms with E-state index in [0.29, 0.717) is 6.61 Å². The SMILES string of the molecule is NC(c1ccc2c(c1)OCCCO2)N1CCNCC1. The highest BCUT2D eigenvalue weighted by atomic mass is 16.5. The highest BCUT2D eigenvalue weighted by molar-refractivity contribution is 5.44. The second-order valence-corrected chi connectivity index (χ2v) is 4.99. The largest absolute Gasteiger partial charge is 0.490 e. The Bertz CT molecular complexity index is 433. The summed E-state index contributed by atoms with van der Waals surface area (Å²) in [5.41, 5.74) is 7.43. The van der Waals surface area contributed by atoms with Gasteiger partial charge >= 0.3 is 0 Å². The van der Waals surface area contributed by atoms with Gasteiger partial charge in [-0.2, -0.15) is 0 Å². The van der Waals surface area contributed by atoms with E-state index >= 15 is 0 Å². The number of hydrogen-bond donors (Lipinski definition) is 2. The number of nitrogens with zero attached hydrogens (tertiary/aromatic N) is 1. The number of nitrogens with one attached hydrogen (secondary N) is 1. The molecule has 5 heteroatoms. The van der Waals surface area contributed by atoms with Gasteiger partial charge in [0.2, 0.25) is 0 Å². The first-order valence-electron chi connectivity index (χ1n) is 6.94. The Morgan fingerprint density at radius 1 is 1.11 bits per heavy atom. The van der Waals surface area contributed by atoms with Crippen LogP contribution < -0.4 is 20.5 Å². The van der Waals surface area contributed by atoms with Crippen LogP contribution in [0.25, 0.3) is 0 Å². The zero-order valence-corrected chi connectivity index (χ0v) is 11.1. The topological polar surface area (TPSA) is 59.8 Å². The molecule has 19 heavy (non-hydrogen) atoms. The van der Waals surface area contributed by atoms with Gasteiger partial charge in [0.25, 0.3) is 0 Å².